The molecule has 9 nitrogen and oxygen atoms in total. The lowest BCUT2D eigenvalue weighted by Gasteiger charge is -2.25. The van der Waals surface area contributed by atoms with Gasteiger partial charge in [-0.25, -0.2) is 13.1 Å². The van der Waals surface area contributed by atoms with E-state index in [0.29, 0.717) is 30.2 Å². The lowest BCUT2D eigenvalue weighted by atomic mass is 10.2. The predicted molar refractivity (Wildman–Crippen MR) is 120 cm³/mol. The Kier molecular flexibility index (Phi) is 6.24. The number of aromatic nitrogens is 3. The fourth-order valence-electron chi connectivity index (χ4n) is 3.68. The van der Waals surface area contributed by atoms with Gasteiger partial charge in [0.25, 0.3) is 5.91 Å². The number of rotatable bonds is 6. The SMILES string of the molecule is COc1cccc(-n2nnc(C(=O)Nc3ccc(S(=O)(=O)N4CCCCC4)cc3)c2C)c1. The second-order valence-electron chi connectivity index (χ2n) is 7.58. The molecule has 0 spiro atoms. The molecule has 2 heterocycles. The van der Waals surface area contributed by atoms with Gasteiger partial charge in [-0.05, 0) is 56.2 Å². The maximum atomic E-state index is 12.8. The largest absolute Gasteiger partial charge is 0.497 e. The Hall–Kier alpha value is -3.24. The normalized spacial score (nSPS) is 14.8. The smallest absolute Gasteiger partial charge is 0.278 e. The minimum Gasteiger partial charge on any atom is -0.497 e. The summed E-state index contributed by atoms with van der Waals surface area (Å²) in [5, 5.41) is 10.9. The molecule has 1 aliphatic rings. The number of carbonyl (C=O) groups is 1. The molecular formula is C22H25N5O4S. The summed E-state index contributed by atoms with van der Waals surface area (Å²) >= 11 is 0. The van der Waals surface area contributed by atoms with Crippen LogP contribution in [0.25, 0.3) is 5.69 Å². The van der Waals surface area contributed by atoms with E-state index in [1.165, 1.54) is 16.4 Å². The van der Waals surface area contributed by atoms with E-state index >= 15 is 0 Å². The van der Waals surface area contributed by atoms with Crippen molar-refractivity contribution in [2.75, 3.05) is 25.5 Å². The summed E-state index contributed by atoms with van der Waals surface area (Å²) in [7, 11) is -1.94. The van der Waals surface area contributed by atoms with Gasteiger partial charge in [-0.2, -0.15) is 4.31 Å². The number of amides is 1. The fraction of sp³-hybridized carbons (Fsp3) is 0.318. The number of methoxy groups -OCH3 is 1. The van der Waals surface area contributed by atoms with E-state index in [1.54, 1.807) is 36.9 Å². The third-order valence-electron chi connectivity index (χ3n) is 5.47. The first kappa shape index (κ1) is 22.0. The van der Waals surface area contributed by atoms with Gasteiger partial charge in [0.1, 0.15) is 5.75 Å². The molecule has 4 rings (SSSR count). The van der Waals surface area contributed by atoms with Gasteiger partial charge in [-0.1, -0.05) is 17.7 Å². The minimum absolute atomic E-state index is 0.179. The van der Waals surface area contributed by atoms with E-state index in [2.05, 4.69) is 15.6 Å². The molecule has 3 aromatic rings. The molecule has 32 heavy (non-hydrogen) atoms. The van der Waals surface area contributed by atoms with Gasteiger partial charge in [0.05, 0.1) is 23.4 Å². The van der Waals surface area contributed by atoms with Crippen molar-refractivity contribution >= 4 is 21.6 Å². The first-order chi connectivity index (χ1) is 15.4. The Morgan fingerprint density at radius 1 is 1.06 bits per heavy atom. The van der Waals surface area contributed by atoms with E-state index in [0.717, 1.165) is 24.9 Å². The highest BCUT2D eigenvalue weighted by Gasteiger charge is 2.26. The molecular weight excluding hydrogens is 430 g/mol. The van der Waals surface area contributed by atoms with Gasteiger partial charge in [0.15, 0.2) is 5.69 Å². The first-order valence-electron chi connectivity index (χ1n) is 10.4. The molecule has 168 valence electrons. The average molecular weight is 456 g/mol. The molecule has 0 aliphatic carbocycles. The summed E-state index contributed by atoms with van der Waals surface area (Å²) in [6, 6.07) is 13.5. The molecule has 1 fully saturated rings. The van der Waals surface area contributed by atoms with Crippen LogP contribution in [0.2, 0.25) is 0 Å². The maximum Gasteiger partial charge on any atom is 0.278 e. The quantitative estimate of drug-likeness (QED) is 0.612. The average Bonchev–Trinajstić information content (AvgIpc) is 3.21. The zero-order valence-corrected chi connectivity index (χ0v) is 18.8. The van der Waals surface area contributed by atoms with Crippen LogP contribution in [0.15, 0.2) is 53.4 Å². The van der Waals surface area contributed by atoms with Gasteiger partial charge in [0.2, 0.25) is 10.0 Å². The molecule has 10 heteroatoms. The molecule has 0 saturated carbocycles. The van der Waals surface area contributed by atoms with Crippen LogP contribution >= 0.6 is 0 Å². The van der Waals surface area contributed by atoms with Gasteiger partial charge in [0, 0.05) is 24.8 Å². The summed E-state index contributed by atoms with van der Waals surface area (Å²) in [4.78, 5) is 13.0. The molecule has 1 saturated heterocycles. The molecule has 0 bridgehead atoms. The summed E-state index contributed by atoms with van der Waals surface area (Å²) in [6.07, 6.45) is 2.81. The lowest BCUT2D eigenvalue weighted by Crippen LogP contribution is -2.35. The Balaban J connectivity index is 1.49. The van der Waals surface area contributed by atoms with Crippen molar-refractivity contribution in [1.29, 1.82) is 0 Å². The van der Waals surface area contributed by atoms with E-state index in [1.807, 2.05) is 18.2 Å². The zero-order valence-electron chi connectivity index (χ0n) is 18.0. The number of nitrogens with one attached hydrogen (secondary N) is 1. The Morgan fingerprint density at radius 2 is 1.78 bits per heavy atom. The maximum absolute atomic E-state index is 12.8. The van der Waals surface area contributed by atoms with Gasteiger partial charge < -0.3 is 10.1 Å². The summed E-state index contributed by atoms with van der Waals surface area (Å²) in [5.74, 6) is 0.242. The van der Waals surface area contributed by atoms with Crippen molar-refractivity contribution in [1.82, 2.24) is 19.3 Å². The topological polar surface area (TPSA) is 106 Å². The summed E-state index contributed by atoms with van der Waals surface area (Å²) in [5.41, 5.74) is 1.95. The van der Waals surface area contributed by atoms with E-state index < -0.39 is 15.9 Å². The van der Waals surface area contributed by atoms with Crippen molar-refractivity contribution in [3.05, 3.63) is 59.9 Å². The van der Waals surface area contributed by atoms with Crippen LogP contribution in [-0.4, -0.2) is 53.8 Å². The molecule has 0 unspecified atom stereocenters. The van der Waals surface area contributed by atoms with Crippen LogP contribution in [0, 0.1) is 6.92 Å². The van der Waals surface area contributed by atoms with E-state index in [9.17, 15) is 13.2 Å². The van der Waals surface area contributed by atoms with Crippen molar-refractivity contribution < 1.29 is 17.9 Å². The fourth-order valence-corrected chi connectivity index (χ4v) is 5.20. The standard InChI is InChI=1S/C22H25N5O4S/c1-16-21(24-25-27(16)18-7-6-8-19(15-18)31-2)22(28)23-17-9-11-20(12-10-17)32(29,30)26-13-4-3-5-14-26/h6-12,15H,3-5,13-14H2,1-2H3,(H,23,28). The predicted octanol–water partition coefficient (Wildman–Crippen LogP) is 3.01. The highest BCUT2D eigenvalue weighted by molar-refractivity contribution is 7.89. The van der Waals surface area contributed by atoms with Crippen LogP contribution in [0.4, 0.5) is 5.69 Å². The molecule has 0 radical (unpaired) electrons. The summed E-state index contributed by atoms with van der Waals surface area (Å²) in [6.45, 7) is 2.84. The van der Waals surface area contributed by atoms with Gasteiger partial charge in [-0.15, -0.1) is 5.10 Å². The number of benzene rings is 2. The second kappa shape index (κ2) is 9.09. The number of hydrogen-bond donors (Lipinski definition) is 1. The number of hydrogen-bond acceptors (Lipinski definition) is 6. The van der Waals surface area contributed by atoms with Crippen molar-refractivity contribution in [2.45, 2.75) is 31.1 Å². The number of anilines is 1. The molecule has 1 aliphatic heterocycles. The Labute approximate surface area is 187 Å². The molecule has 1 aromatic heterocycles. The molecule has 2 aromatic carbocycles. The van der Waals surface area contributed by atoms with Crippen molar-refractivity contribution in [3.63, 3.8) is 0 Å². The number of carbonyl (C=O) groups excluding carboxylic acids is 1. The van der Waals surface area contributed by atoms with Gasteiger partial charge >= 0.3 is 0 Å². The third-order valence-corrected chi connectivity index (χ3v) is 7.39. The van der Waals surface area contributed by atoms with Crippen molar-refractivity contribution in [3.8, 4) is 11.4 Å². The van der Waals surface area contributed by atoms with Crippen LogP contribution in [-0.2, 0) is 10.0 Å². The first-order valence-corrected chi connectivity index (χ1v) is 11.8. The lowest BCUT2D eigenvalue weighted by molar-refractivity contribution is 0.102. The Bertz CT molecular complexity index is 1220. The van der Waals surface area contributed by atoms with Crippen LogP contribution in [0.5, 0.6) is 5.75 Å². The highest BCUT2D eigenvalue weighted by atomic mass is 32.2. The minimum atomic E-state index is -3.51. The monoisotopic (exact) mass is 455 g/mol. The zero-order chi connectivity index (χ0) is 22.7. The number of sulfonamides is 1. The molecule has 1 N–H and O–H groups in total. The second-order valence-corrected chi connectivity index (χ2v) is 9.52. The molecule has 1 amide bonds. The van der Waals surface area contributed by atoms with E-state index in [-0.39, 0.29) is 10.6 Å². The van der Waals surface area contributed by atoms with Crippen LogP contribution < -0.4 is 10.1 Å². The Morgan fingerprint density at radius 3 is 2.47 bits per heavy atom. The summed E-state index contributed by atoms with van der Waals surface area (Å²) < 4.78 is 33.9. The number of nitrogens with zero attached hydrogens (tertiary/aromatic N) is 4. The third kappa shape index (κ3) is 4.37. The number of piperidine rings is 1. The van der Waals surface area contributed by atoms with E-state index in [4.69, 9.17) is 4.74 Å². The molecule has 0 atom stereocenters. The van der Waals surface area contributed by atoms with Crippen molar-refractivity contribution in [2.24, 2.45) is 0 Å². The van der Waals surface area contributed by atoms with Crippen LogP contribution in [0.1, 0.15) is 35.4 Å². The number of ether oxygens (including phenoxy) is 1. The van der Waals surface area contributed by atoms with Crippen LogP contribution in [0.3, 0.4) is 0 Å². The highest BCUT2D eigenvalue weighted by Crippen LogP contribution is 2.23. The van der Waals surface area contributed by atoms with Gasteiger partial charge in [-0.3, -0.25) is 4.79 Å².